The second kappa shape index (κ2) is 8.94. The van der Waals surface area contributed by atoms with E-state index in [4.69, 9.17) is 4.74 Å². The fraction of sp³-hybridized carbons (Fsp3) is 0.462. The van der Waals surface area contributed by atoms with Gasteiger partial charge in [0.2, 0.25) is 5.91 Å². The first-order valence-electron chi connectivity index (χ1n) is 11.7. The smallest absolute Gasteiger partial charge is 0.255 e. The van der Waals surface area contributed by atoms with Gasteiger partial charge in [-0.25, -0.2) is 0 Å². The molecule has 0 bridgehead atoms. The van der Waals surface area contributed by atoms with E-state index in [1.165, 1.54) is 6.42 Å². The number of hydrogen-bond acceptors (Lipinski definition) is 4. The highest BCUT2D eigenvalue weighted by Crippen LogP contribution is 2.35. The number of nitrogens with zero attached hydrogens (tertiary/aromatic N) is 2. The average molecular weight is 434 g/mol. The van der Waals surface area contributed by atoms with Gasteiger partial charge < -0.3 is 19.9 Å². The van der Waals surface area contributed by atoms with E-state index in [0.717, 1.165) is 55.8 Å². The monoisotopic (exact) mass is 433 g/mol. The number of anilines is 2. The van der Waals surface area contributed by atoms with Gasteiger partial charge in [-0.2, -0.15) is 0 Å². The van der Waals surface area contributed by atoms with Gasteiger partial charge in [0.25, 0.3) is 5.91 Å². The molecule has 6 nitrogen and oxygen atoms in total. The quantitative estimate of drug-likeness (QED) is 0.746. The topological polar surface area (TPSA) is 61.9 Å². The Kier molecular flexibility index (Phi) is 5.87. The van der Waals surface area contributed by atoms with Crippen LogP contribution in [0.4, 0.5) is 11.4 Å². The molecule has 0 aromatic heterocycles. The maximum atomic E-state index is 12.6. The molecule has 6 heteroatoms. The van der Waals surface area contributed by atoms with Crippen LogP contribution in [0.3, 0.4) is 0 Å². The van der Waals surface area contributed by atoms with Crippen LogP contribution in [0.25, 0.3) is 0 Å². The maximum Gasteiger partial charge on any atom is 0.255 e. The number of carbonyl (C=O) groups is 2. The lowest BCUT2D eigenvalue weighted by molar-refractivity contribution is -0.128. The molecule has 32 heavy (non-hydrogen) atoms. The molecule has 5 rings (SSSR count). The van der Waals surface area contributed by atoms with Crippen LogP contribution in [0.5, 0.6) is 0 Å². The standard InChI is InChI=1S/C26H31N3O3/c1-18(30)28-15-21-13-14-29(25(21)16-28)23-11-9-22(10-12-23)27-26(31)20-7-5-19(6-8-20)17-32-24-3-2-4-24/h5-12,21,24-25H,2-4,13-17H2,1H3,(H,27,31). The normalized spacial score (nSPS) is 22.5. The molecule has 2 aromatic carbocycles. The molecule has 168 valence electrons. The maximum absolute atomic E-state index is 12.6. The van der Waals surface area contributed by atoms with Crippen molar-refractivity contribution in [3.8, 4) is 0 Å². The van der Waals surface area contributed by atoms with Crippen LogP contribution in [0.2, 0.25) is 0 Å². The van der Waals surface area contributed by atoms with Crippen LogP contribution in [-0.4, -0.2) is 48.5 Å². The molecular weight excluding hydrogens is 402 g/mol. The summed E-state index contributed by atoms with van der Waals surface area (Å²) in [6.45, 7) is 4.95. The Labute approximate surface area is 189 Å². The van der Waals surface area contributed by atoms with Crippen molar-refractivity contribution in [2.24, 2.45) is 5.92 Å². The minimum atomic E-state index is -0.113. The minimum absolute atomic E-state index is 0.113. The van der Waals surface area contributed by atoms with E-state index < -0.39 is 0 Å². The second-order valence-electron chi connectivity index (χ2n) is 9.30. The third-order valence-electron chi connectivity index (χ3n) is 7.20. The van der Waals surface area contributed by atoms with E-state index in [-0.39, 0.29) is 11.8 Å². The molecule has 2 aliphatic heterocycles. The highest BCUT2D eigenvalue weighted by molar-refractivity contribution is 6.04. The van der Waals surface area contributed by atoms with Crippen molar-refractivity contribution in [3.63, 3.8) is 0 Å². The van der Waals surface area contributed by atoms with Crippen LogP contribution in [-0.2, 0) is 16.1 Å². The minimum Gasteiger partial charge on any atom is -0.374 e. The van der Waals surface area contributed by atoms with Gasteiger partial charge >= 0.3 is 0 Å². The Morgan fingerprint density at radius 1 is 1.00 bits per heavy atom. The van der Waals surface area contributed by atoms with Crippen LogP contribution in [0.15, 0.2) is 48.5 Å². The van der Waals surface area contributed by atoms with Gasteiger partial charge in [0.15, 0.2) is 0 Å². The molecular formula is C26H31N3O3. The van der Waals surface area contributed by atoms with Crippen molar-refractivity contribution in [2.45, 2.75) is 51.4 Å². The number of hydrogen-bond donors (Lipinski definition) is 1. The van der Waals surface area contributed by atoms with Gasteiger partial charge in [-0.1, -0.05) is 12.1 Å². The van der Waals surface area contributed by atoms with Gasteiger partial charge in [0.1, 0.15) is 0 Å². The van der Waals surface area contributed by atoms with Gasteiger partial charge in [-0.15, -0.1) is 0 Å². The van der Waals surface area contributed by atoms with Crippen LogP contribution in [0, 0.1) is 5.92 Å². The zero-order valence-electron chi connectivity index (χ0n) is 18.6. The lowest BCUT2D eigenvalue weighted by atomic mass is 9.96. The van der Waals surface area contributed by atoms with Crippen molar-refractivity contribution in [1.82, 2.24) is 4.90 Å². The third-order valence-corrected chi connectivity index (χ3v) is 7.20. The molecule has 2 saturated heterocycles. The first kappa shape index (κ1) is 21.0. The molecule has 0 spiro atoms. The number of rotatable bonds is 6. The number of amides is 2. The van der Waals surface area contributed by atoms with E-state index >= 15 is 0 Å². The van der Waals surface area contributed by atoms with Gasteiger partial charge in [0, 0.05) is 49.4 Å². The SMILES string of the molecule is CC(=O)N1CC2CCN(c3ccc(NC(=O)c4ccc(COC5CCC5)cc4)cc3)C2C1. The highest BCUT2D eigenvalue weighted by atomic mass is 16.5. The lowest BCUT2D eigenvalue weighted by Gasteiger charge is -2.27. The van der Waals surface area contributed by atoms with Crippen molar-refractivity contribution < 1.29 is 14.3 Å². The summed E-state index contributed by atoms with van der Waals surface area (Å²) in [5.41, 5.74) is 3.66. The molecule has 1 aliphatic carbocycles. The summed E-state index contributed by atoms with van der Waals surface area (Å²) < 4.78 is 5.83. The largest absolute Gasteiger partial charge is 0.374 e. The number of nitrogens with one attached hydrogen (secondary N) is 1. The van der Waals surface area contributed by atoms with E-state index in [1.54, 1.807) is 6.92 Å². The van der Waals surface area contributed by atoms with Crippen molar-refractivity contribution in [2.75, 3.05) is 29.9 Å². The molecule has 3 fully saturated rings. The first-order chi connectivity index (χ1) is 15.6. The number of carbonyl (C=O) groups excluding carboxylic acids is 2. The van der Waals surface area contributed by atoms with Gasteiger partial charge in [0.05, 0.1) is 18.8 Å². The second-order valence-corrected chi connectivity index (χ2v) is 9.30. The predicted molar refractivity (Wildman–Crippen MR) is 125 cm³/mol. The Hall–Kier alpha value is -2.86. The molecule has 0 radical (unpaired) electrons. The lowest BCUT2D eigenvalue weighted by Crippen LogP contribution is -2.36. The van der Waals surface area contributed by atoms with E-state index in [0.29, 0.717) is 30.2 Å². The first-order valence-corrected chi connectivity index (χ1v) is 11.7. The molecule has 2 unspecified atom stereocenters. The molecule has 3 aliphatic rings. The number of benzene rings is 2. The zero-order valence-corrected chi connectivity index (χ0v) is 18.6. The van der Waals surface area contributed by atoms with Crippen molar-refractivity contribution in [3.05, 3.63) is 59.7 Å². The Balaban J connectivity index is 1.17. The summed E-state index contributed by atoms with van der Waals surface area (Å²) in [5, 5.41) is 2.99. The Morgan fingerprint density at radius 3 is 2.41 bits per heavy atom. The molecule has 2 amide bonds. The summed E-state index contributed by atoms with van der Waals surface area (Å²) in [6, 6.07) is 16.1. The van der Waals surface area contributed by atoms with Crippen LogP contribution >= 0.6 is 0 Å². The van der Waals surface area contributed by atoms with Gasteiger partial charge in [-0.05, 0) is 67.6 Å². The fourth-order valence-electron chi connectivity index (χ4n) is 4.98. The number of fused-ring (bicyclic) bond motifs is 1. The predicted octanol–water partition coefficient (Wildman–Crippen LogP) is 4.07. The van der Waals surface area contributed by atoms with Crippen molar-refractivity contribution in [1.29, 1.82) is 0 Å². The fourth-order valence-corrected chi connectivity index (χ4v) is 4.98. The van der Waals surface area contributed by atoms with Crippen LogP contribution < -0.4 is 10.2 Å². The molecule has 1 saturated carbocycles. The van der Waals surface area contributed by atoms with E-state index in [2.05, 4.69) is 22.3 Å². The number of ether oxygens (including phenoxy) is 1. The Morgan fingerprint density at radius 2 is 1.75 bits per heavy atom. The Bertz CT molecular complexity index is 969. The molecule has 1 N–H and O–H groups in total. The number of likely N-dealkylation sites (tertiary alicyclic amines) is 1. The molecule has 2 aromatic rings. The van der Waals surface area contributed by atoms with E-state index in [1.807, 2.05) is 41.3 Å². The average Bonchev–Trinajstić information content (AvgIpc) is 3.35. The summed E-state index contributed by atoms with van der Waals surface area (Å²) in [7, 11) is 0. The van der Waals surface area contributed by atoms with Crippen molar-refractivity contribution >= 4 is 23.2 Å². The third kappa shape index (κ3) is 4.37. The summed E-state index contributed by atoms with van der Waals surface area (Å²) in [5.74, 6) is 0.607. The summed E-state index contributed by atoms with van der Waals surface area (Å²) in [4.78, 5) is 28.8. The van der Waals surface area contributed by atoms with Gasteiger partial charge in [-0.3, -0.25) is 9.59 Å². The molecule has 2 atom stereocenters. The highest BCUT2D eigenvalue weighted by Gasteiger charge is 2.42. The van der Waals surface area contributed by atoms with E-state index in [9.17, 15) is 9.59 Å². The molecule has 2 heterocycles. The van der Waals surface area contributed by atoms with Crippen LogP contribution in [0.1, 0.15) is 48.5 Å². The summed E-state index contributed by atoms with van der Waals surface area (Å²) in [6.07, 6.45) is 5.12. The summed E-state index contributed by atoms with van der Waals surface area (Å²) >= 11 is 0. The zero-order chi connectivity index (χ0) is 22.1.